The molecule has 5 nitrogen and oxygen atoms in total. The van der Waals surface area contributed by atoms with Gasteiger partial charge in [-0.2, -0.15) is 0 Å². The number of sulfonamides is 1. The van der Waals surface area contributed by atoms with Crippen LogP contribution in [0.5, 0.6) is 0 Å². The molecule has 6 heteroatoms. The highest BCUT2D eigenvalue weighted by atomic mass is 32.2. The zero-order valence-corrected chi connectivity index (χ0v) is 14.6. The predicted octanol–water partition coefficient (Wildman–Crippen LogP) is 2.61. The molecule has 2 fully saturated rings. The molecule has 1 N–H and O–H groups in total. The average Bonchev–Trinajstić information content (AvgIpc) is 2.49. The Bertz CT molecular complexity index is 856. The highest BCUT2D eigenvalue weighted by molar-refractivity contribution is 7.88. The summed E-state index contributed by atoms with van der Waals surface area (Å²) in [5, 5.41) is 0.962. The first-order valence-corrected chi connectivity index (χ1v) is 10.0. The summed E-state index contributed by atoms with van der Waals surface area (Å²) >= 11 is 0. The third kappa shape index (κ3) is 2.53. The van der Waals surface area contributed by atoms with Crippen LogP contribution in [0.3, 0.4) is 0 Å². The van der Waals surface area contributed by atoms with Crippen molar-refractivity contribution in [2.24, 2.45) is 5.41 Å². The van der Waals surface area contributed by atoms with Crippen LogP contribution in [0.2, 0.25) is 0 Å². The largest absolute Gasteiger partial charge is 0.381 e. The molecule has 0 saturated heterocycles. The van der Waals surface area contributed by atoms with E-state index in [0.29, 0.717) is 0 Å². The van der Waals surface area contributed by atoms with Gasteiger partial charge in [-0.1, -0.05) is 30.7 Å². The second kappa shape index (κ2) is 5.79. The van der Waals surface area contributed by atoms with Crippen LogP contribution < -0.4 is 4.72 Å². The van der Waals surface area contributed by atoms with E-state index >= 15 is 0 Å². The number of hydrogen-bond acceptors (Lipinski definition) is 4. The molecule has 2 saturated carbocycles. The molecular weight excluding hydrogens is 324 g/mol. The van der Waals surface area contributed by atoms with E-state index in [1.54, 1.807) is 13.3 Å². The molecule has 4 rings (SSSR count). The molecule has 0 amide bonds. The molecule has 2 aliphatic rings. The first kappa shape index (κ1) is 16.0. The van der Waals surface area contributed by atoms with Crippen LogP contribution in [0.25, 0.3) is 10.9 Å². The maximum atomic E-state index is 12.7. The Kier molecular flexibility index (Phi) is 3.86. The van der Waals surface area contributed by atoms with Gasteiger partial charge in [-0.3, -0.25) is 4.98 Å². The minimum absolute atomic E-state index is 0.00383. The first-order valence-electron chi connectivity index (χ1n) is 8.39. The average molecular weight is 346 g/mol. The van der Waals surface area contributed by atoms with Crippen molar-refractivity contribution in [1.82, 2.24) is 9.71 Å². The molecule has 1 aromatic carbocycles. The Labute approximate surface area is 142 Å². The number of para-hydroxylation sites is 1. The summed E-state index contributed by atoms with van der Waals surface area (Å²) in [6.45, 7) is 0. The first-order chi connectivity index (χ1) is 11.5. The third-order valence-corrected chi connectivity index (χ3v) is 7.07. The van der Waals surface area contributed by atoms with Crippen molar-refractivity contribution in [2.75, 3.05) is 7.11 Å². The number of nitrogens with zero attached hydrogens (tertiary/aromatic N) is 1. The second-order valence-electron chi connectivity index (χ2n) is 6.97. The van der Waals surface area contributed by atoms with Crippen molar-refractivity contribution in [3.63, 3.8) is 0 Å². The molecule has 1 spiro atoms. The number of fused-ring (bicyclic) bond motifs is 1. The van der Waals surface area contributed by atoms with E-state index in [0.717, 1.165) is 42.1 Å². The molecule has 0 bridgehead atoms. The van der Waals surface area contributed by atoms with Gasteiger partial charge >= 0.3 is 0 Å². The topological polar surface area (TPSA) is 68.3 Å². The minimum atomic E-state index is -3.41. The van der Waals surface area contributed by atoms with Crippen LogP contribution in [0.15, 0.2) is 36.5 Å². The quantitative estimate of drug-likeness (QED) is 0.904. The standard InChI is InChI=1S/C18H22N2O3S/c1-23-16-11-15(18(16)8-4-9-18)20-24(21,22)12-14-6-2-5-13-7-3-10-19-17(13)14/h2-3,5-7,10,15-16,20H,4,8-9,11-12H2,1H3/t15-,16-/m0/s1. The van der Waals surface area contributed by atoms with Crippen molar-refractivity contribution in [3.8, 4) is 0 Å². The van der Waals surface area contributed by atoms with Gasteiger partial charge in [0.2, 0.25) is 10.0 Å². The van der Waals surface area contributed by atoms with Gasteiger partial charge in [-0.05, 0) is 30.9 Å². The van der Waals surface area contributed by atoms with Crippen LogP contribution in [-0.2, 0) is 20.5 Å². The molecule has 2 atom stereocenters. The van der Waals surface area contributed by atoms with E-state index in [-0.39, 0.29) is 23.3 Å². The van der Waals surface area contributed by atoms with E-state index in [1.165, 1.54) is 0 Å². The Morgan fingerprint density at radius 3 is 2.79 bits per heavy atom. The number of benzene rings is 1. The molecular formula is C18H22N2O3S. The highest BCUT2D eigenvalue weighted by Gasteiger charge is 2.59. The number of nitrogens with one attached hydrogen (secondary N) is 1. The zero-order chi connectivity index (χ0) is 16.8. The molecule has 0 aliphatic heterocycles. The zero-order valence-electron chi connectivity index (χ0n) is 13.7. The SMILES string of the molecule is CO[C@H]1C[C@H](NS(=O)(=O)Cc2cccc3cccnc23)C12CCC2. The minimum Gasteiger partial charge on any atom is -0.381 e. The monoisotopic (exact) mass is 346 g/mol. The number of hydrogen-bond donors (Lipinski definition) is 1. The summed E-state index contributed by atoms with van der Waals surface area (Å²) in [6.07, 6.45) is 5.92. The maximum Gasteiger partial charge on any atom is 0.216 e. The molecule has 2 aliphatic carbocycles. The van der Waals surface area contributed by atoms with Gasteiger partial charge in [-0.15, -0.1) is 0 Å². The maximum absolute atomic E-state index is 12.7. The van der Waals surface area contributed by atoms with Crippen LogP contribution in [0, 0.1) is 5.41 Å². The summed E-state index contributed by atoms with van der Waals surface area (Å²) < 4.78 is 33.8. The number of ether oxygens (including phenoxy) is 1. The van der Waals surface area contributed by atoms with Crippen molar-refractivity contribution in [2.45, 2.75) is 43.6 Å². The van der Waals surface area contributed by atoms with Gasteiger partial charge in [0.05, 0.1) is 17.4 Å². The van der Waals surface area contributed by atoms with Crippen LogP contribution in [0.4, 0.5) is 0 Å². The van der Waals surface area contributed by atoms with Crippen molar-refractivity contribution >= 4 is 20.9 Å². The molecule has 24 heavy (non-hydrogen) atoms. The smallest absolute Gasteiger partial charge is 0.216 e. The Morgan fingerprint density at radius 1 is 1.29 bits per heavy atom. The van der Waals surface area contributed by atoms with Gasteiger partial charge in [0.25, 0.3) is 0 Å². The number of aromatic nitrogens is 1. The molecule has 0 unspecified atom stereocenters. The number of rotatable bonds is 5. The lowest BCUT2D eigenvalue weighted by molar-refractivity contribution is -0.155. The van der Waals surface area contributed by atoms with Crippen molar-refractivity contribution in [1.29, 1.82) is 0 Å². The van der Waals surface area contributed by atoms with Crippen molar-refractivity contribution in [3.05, 3.63) is 42.1 Å². The van der Waals surface area contributed by atoms with Gasteiger partial charge in [0, 0.05) is 30.1 Å². The van der Waals surface area contributed by atoms with E-state index < -0.39 is 10.0 Å². The predicted molar refractivity (Wildman–Crippen MR) is 93.0 cm³/mol. The summed E-state index contributed by atoms with van der Waals surface area (Å²) in [5.74, 6) is -0.0361. The summed E-state index contributed by atoms with van der Waals surface area (Å²) in [7, 11) is -1.69. The fraction of sp³-hybridized carbons (Fsp3) is 0.500. The number of pyridine rings is 1. The van der Waals surface area contributed by atoms with Crippen molar-refractivity contribution < 1.29 is 13.2 Å². The Hall–Kier alpha value is -1.50. The normalized spacial score (nSPS) is 25.4. The molecule has 1 aromatic heterocycles. The second-order valence-corrected chi connectivity index (χ2v) is 8.72. The Balaban J connectivity index is 1.54. The Morgan fingerprint density at radius 2 is 2.08 bits per heavy atom. The van der Waals surface area contributed by atoms with Gasteiger partial charge in [0.1, 0.15) is 0 Å². The van der Waals surface area contributed by atoms with Gasteiger partial charge in [0.15, 0.2) is 0 Å². The van der Waals surface area contributed by atoms with Gasteiger partial charge in [-0.25, -0.2) is 13.1 Å². The highest BCUT2D eigenvalue weighted by Crippen LogP contribution is 2.57. The summed E-state index contributed by atoms with van der Waals surface area (Å²) in [4.78, 5) is 4.35. The fourth-order valence-electron chi connectivity index (χ4n) is 4.25. The van der Waals surface area contributed by atoms with Gasteiger partial charge < -0.3 is 4.74 Å². The lowest BCUT2D eigenvalue weighted by Gasteiger charge is -2.60. The van der Waals surface area contributed by atoms with E-state index in [4.69, 9.17) is 4.74 Å². The van der Waals surface area contributed by atoms with E-state index in [2.05, 4.69) is 9.71 Å². The lowest BCUT2D eigenvalue weighted by Crippen LogP contribution is -2.67. The van der Waals surface area contributed by atoms with Crippen LogP contribution in [-0.4, -0.2) is 32.7 Å². The van der Waals surface area contributed by atoms with Crippen LogP contribution >= 0.6 is 0 Å². The molecule has 1 heterocycles. The molecule has 128 valence electrons. The lowest BCUT2D eigenvalue weighted by atomic mass is 9.51. The third-order valence-electron chi connectivity index (χ3n) is 5.74. The van der Waals surface area contributed by atoms with Crippen LogP contribution in [0.1, 0.15) is 31.2 Å². The van der Waals surface area contributed by atoms with E-state index in [1.807, 2.05) is 30.3 Å². The number of methoxy groups -OCH3 is 1. The summed E-state index contributed by atoms with van der Waals surface area (Å²) in [5.41, 5.74) is 1.52. The fourth-order valence-corrected chi connectivity index (χ4v) is 5.74. The molecule has 2 aromatic rings. The summed E-state index contributed by atoms with van der Waals surface area (Å²) in [6, 6.07) is 9.48. The molecule has 0 radical (unpaired) electrons. The van der Waals surface area contributed by atoms with E-state index in [9.17, 15) is 8.42 Å².